The Hall–Kier alpha value is -1.75. The van der Waals surface area contributed by atoms with Crippen LogP contribution in [0.2, 0.25) is 0 Å². The topological polar surface area (TPSA) is 96.5 Å². The zero-order valence-electron chi connectivity index (χ0n) is 14.1. The summed E-state index contributed by atoms with van der Waals surface area (Å²) in [4.78, 5) is 2.40. The number of nitrogens with zero attached hydrogens (tertiary/aromatic N) is 3. The van der Waals surface area contributed by atoms with E-state index in [1.807, 2.05) is 6.07 Å². The number of morpholine rings is 1. The molecule has 8 nitrogen and oxygen atoms in total. The van der Waals surface area contributed by atoms with Crippen LogP contribution in [0.5, 0.6) is 0 Å². The molecule has 0 spiro atoms. The van der Waals surface area contributed by atoms with E-state index >= 15 is 0 Å². The second-order valence-electron chi connectivity index (χ2n) is 5.65. The Labute approximate surface area is 161 Å². The van der Waals surface area contributed by atoms with Gasteiger partial charge in [-0.1, -0.05) is 12.1 Å². The van der Waals surface area contributed by atoms with Gasteiger partial charge in [0.1, 0.15) is 0 Å². The van der Waals surface area contributed by atoms with E-state index in [4.69, 9.17) is 4.74 Å². The Bertz CT molecular complexity index is 843. The van der Waals surface area contributed by atoms with Crippen molar-refractivity contribution in [3.63, 3.8) is 0 Å². The van der Waals surface area contributed by atoms with E-state index in [0.29, 0.717) is 30.0 Å². The summed E-state index contributed by atoms with van der Waals surface area (Å²) in [6, 6.07) is 8.60. The first-order valence-electron chi connectivity index (χ1n) is 8.20. The molecule has 1 aliphatic rings. The van der Waals surface area contributed by atoms with Gasteiger partial charge in [0.2, 0.25) is 10.0 Å². The van der Waals surface area contributed by atoms with E-state index in [-0.39, 0.29) is 11.4 Å². The van der Waals surface area contributed by atoms with Crippen molar-refractivity contribution in [1.29, 1.82) is 0 Å². The van der Waals surface area contributed by atoms with Crippen molar-refractivity contribution in [2.24, 2.45) is 0 Å². The molecule has 1 aromatic heterocycles. The van der Waals surface area contributed by atoms with E-state index in [9.17, 15) is 8.42 Å². The molecule has 2 N–H and O–H groups in total. The lowest BCUT2D eigenvalue weighted by molar-refractivity contribution is 0.122. The van der Waals surface area contributed by atoms with E-state index in [0.717, 1.165) is 18.8 Å². The summed E-state index contributed by atoms with van der Waals surface area (Å²) < 4.78 is 33.1. The summed E-state index contributed by atoms with van der Waals surface area (Å²) in [5.41, 5.74) is 0.972. The third-order valence-corrected chi connectivity index (χ3v) is 6.34. The highest BCUT2D eigenvalue weighted by molar-refractivity contribution is 9.10. The minimum atomic E-state index is -3.57. The largest absolute Gasteiger partial charge is 0.378 e. The van der Waals surface area contributed by atoms with E-state index < -0.39 is 10.0 Å². The number of hydrogen-bond donors (Lipinski definition) is 2. The average Bonchev–Trinajstić information content (AvgIpc) is 2.66. The van der Waals surface area contributed by atoms with Crippen molar-refractivity contribution in [2.45, 2.75) is 4.90 Å². The number of nitrogens with one attached hydrogen (secondary N) is 2. The fourth-order valence-corrected chi connectivity index (χ4v) is 4.59. The van der Waals surface area contributed by atoms with Gasteiger partial charge in [0.15, 0.2) is 5.82 Å². The molecule has 1 aromatic carbocycles. The van der Waals surface area contributed by atoms with Crippen LogP contribution in [-0.2, 0) is 14.8 Å². The van der Waals surface area contributed by atoms with Gasteiger partial charge in [-0.3, -0.25) is 0 Å². The van der Waals surface area contributed by atoms with E-state index in [1.165, 1.54) is 0 Å². The van der Waals surface area contributed by atoms with Gasteiger partial charge in [-0.05, 0) is 28.1 Å². The minimum absolute atomic E-state index is 0.217. The van der Waals surface area contributed by atoms with Crippen molar-refractivity contribution in [3.05, 3.63) is 41.0 Å². The lowest BCUT2D eigenvalue weighted by Crippen LogP contribution is -2.36. The van der Waals surface area contributed by atoms with Crippen LogP contribution in [0.25, 0.3) is 0 Å². The summed E-state index contributed by atoms with van der Waals surface area (Å²) in [5.74, 6) is 0.606. The van der Waals surface area contributed by atoms with Crippen LogP contribution in [0, 0.1) is 0 Å². The first kappa shape index (κ1) is 19.0. The molecule has 0 saturated carbocycles. The molecule has 140 valence electrons. The number of halogens is 1. The third-order valence-electron chi connectivity index (χ3n) is 3.87. The molecule has 0 unspecified atom stereocenters. The number of hydrogen-bond acceptors (Lipinski definition) is 7. The average molecular weight is 442 g/mol. The van der Waals surface area contributed by atoms with Crippen LogP contribution in [0.15, 0.2) is 45.9 Å². The highest BCUT2D eigenvalue weighted by atomic mass is 79.9. The molecule has 0 bridgehead atoms. The normalized spacial score (nSPS) is 15.0. The summed E-state index contributed by atoms with van der Waals surface area (Å²) in [6.45, 7) is 3.65. The van der Waals surface area contributed by atoms with Crippen LogP contribution in [-0.4, -0.2) is 58.0 Å². The number of aromatic nitrogens is 2. The molecular weight excluding hydrogens is 422 g/mol. The number of sulfonamides is 1. The molecule has 26 heavy (non-hydrogen) atoms. The molecule has 3 rings (SSSR count). The van der Waals surface area contributed by atoms with Gasteiger partial charge in [0.05, 0.1) is 30.0 Å². The first-order chi connectivity index (χ1) is 12.6. The van der Waals surface area contributed by atoms with Crippen LogP contribution in [0.1, 0.15) is 0 Å². The number of anilines is 2. The van der Waals surface area contributed by atoms with E-state index in [1.54, 1.807) is 30.5 Å². The predicted octanol–water partition coefficient (Wildman–Crippen LogP) is 1.47. The van der Waals surface area contributed by atoms with Gasteiger partial charge in [-0.2, -0.15) is 5.10 Å². The van der Waals surface area contributed by atoms with Gasteiger partial charge in [-0.15, -0.1) is 5.10 Å². The Balaban J connectivity index is 1.53. The summed E-state index contributed by atoms with van der Waals surface area (Å²) in [7, 11) is -3.57. The van der Waals surface area contributed by atoms with Crippen LogP contribution in [0.3, 0.4) is 0 Å². The maximum absolute atomic E-state index is 12.3. The first-order valence-corrected chi connectivity index (χ1v) is 10.5. The van der Waals surface area contributed by atoms with Crippen molar-refractivity contribution < 1.29 is 13.2 Å². The lowest BCUT2D eigenvalue weighted by atomic mass is 10.3. The Kier molecular flexibility index (Phi) is 6.41. The highest BCUT2D eigenvalue weighted by Crippen LogP contribution is 2.20. The monoisotopic (exact) mass is 441 g/mol. The molecule has 0 aliphatic carbocycles. The summed E-state index contributed by atoms with van der Waals surface area (Å²) in [5, 5.41) is 11.1. The lowest BCUT2D eigenvalue weighted by Gasteiger charge is -2.28. The maximum atomic E-state index is 12.3. The SMILES string of the molecule is O=S(=O)(NCCNc1cc(N2CCOCC2)cnn1)c1ccccc1Br. The van der Waals surface area contributed by atoms with Crippen LogP contribution in [0.4, 0.5) is 11.5 Å². The Morgan fingerprint density at radius 3 is 2.73 bits per heavy atom. The van der Waals surface area contributed by atoms with Gasteiger partial charge in [0, 0.05) is 36.7 Å². The molecule has 1 aliphatic heterocycles. The standard InChI is InChI=1S/C16H20BrN5O3S/c17-14-3-1-2-4-15(14)26(23,24)20-6-5-18-16-11-13(12-19-21-16)22-7-9-25-10-8-22/h1-4,11-12,20H,5-10H2,(H,18,21). The maximum Gasteiger partial charge on any atom is 0.241 e. The molecule has 2 heterocycles. The molecule has 2 aromatic rings. The molecule has 1 fully saturated rings. The predicted molar refractivity (Wildman–Crippen MR) is 103 cm³/mol. The van der Waals surface area contributed by atoms with Crippen molar-refractivity contribution in [2.75, 3.05) is 49.6 Å². The van der Waals surface area contributed by atoms with Gasteiger partial charge in [0.25, 0.3) is 0 Å². The quantitative estimate of drug-likeness (QED) is 0.627. The Morgan fingerprint density at radius 1 is 1.19 bits per heavy atom. The fourth-order valence-electron chi connectivity index (χ4n) is 2.55. The van der Waals surface area contributed by atoms with Crippen molar-refractivity contribution in [1.82, 2.24) is 14.9 Å². The molecule has 10 heteroatoms. The highest BCUT2D eigenvalue weighted by Gasteiger charge is 2.16. The Morgan fingerprint density at radius 2 is 1.96 bits per heavy atom. The van der Waals surface area contributed by atoms with Gasteiger partial charge >= 0.3 is 0 Å². The smallest absolute Gasteiger partial charge is 0.241 e. The number of rotatable bonds is 7. The fraction of sp³-hybridized carbons (Fsp3) is 0.375. The molecule has 0 amide bonds. The second kappa shape index (κ2) is 8.76. The van der Waals surface area contributed by atoms with Crippen molar-refractivity contribution in [3.8, 4) is 0 Å². The van der Waals surface area contributed by atoms with Crippen LogP contribution >= 0.6 is 15.9 Å². The van der Waals surface area contributed by atoms with Gasteiger partial charge in [-0.25, -0.2) is 13.1 Å². The van der Waals surface area contributed by atoms with Crippen LogP contribution < -0.4 is 14.9 Å². The second-order valence-corrected chi connectivity index (χ2v) is 8.24. The zero-order chi connectivity index (χ0) is 18.4. The van der Waals surface area contributed by atoms with Crippen molar-refractivity contribution >= 4 is 37.5 Å². The zero-order valence-corrected chi connectivity index (χ0v) is 16.5. The molecule has 0 atom stereocenters. The minimum Gasteiger partial charge on any atom is -0.378 e. The molecule has 1 saturated heterocycles. The third kappa shape index (κ3) is 4.91. The molecular formula is C16H20BrN5O3S. The number of ether oxygens (including phenoxy) is 1. The summed E-state index contributed by atoms with van der Waals surface area (Å²) >= 11 is 3.26. The molecule has 0 radical (unpaired) electrons. The van der Waals surface area contributed by atoms with E-state index in [2.05, 4.69) is 41.1 Å². The summed E-state index contributed by atoms with van der Waals surface area (Å²) in [6.07, 6.45) is 1.71. The number of benzene rings is 1. The van der Waals surface area contributed by atoms with Gasteiger partial charge < -0.3 is 15.0 Å².